The van der Waals surface area contributed by atoms with Crippen LogP contribution in [0.25, 0.3) is 0 Å². The first-order valence-corrected chi connectivity index (χ1v) is 4.86. The van der Waals surface area contributed by atoms with Crippen molar-refractivity contribution in [3.05, 3.63) is 42.1 Å². The van der Waals surface area contributed by atoms with E-state index in [0.717, 1.165) is 12.1 Å². The molecule has 0 bridgehead atoms. The lowest BCUT2D eigenvalue weighted by molar-refractivity contribution is -0.134. The molecule has 0 unspecified atom stereocenters. The summed E-state index contributed by atoms with van der Waals surface area (Å²) < 4.78 is 4.46. The zero-order valence-electron chi connectivity index (χ0n) is 8.99. The minimum absolute atomic E-state index is 0.368. The van der Waals surface area contributed by atoms with Gasteiger partial charge in [-0.1, -0.05) is 19.1 Å². The zero-order valence-corrected chi connectivity index (χ0v) is 8.99. The first-order chi connectivity index (χ1) is 7.26. The Labute approximate surface area is 89.8 Å². The summed E-state index contributed by atoms with van der Waals surface area (Å²) in [4.78, 5) is 10.8. The highest BCUT2D eigenvalue weighted by atomic mass is 16.5. The molecule has 0 atom stereocenters. The minimum Gasteiger partial charge on any atom is -0.466 e. The smallest absolute Gasteiger partial charge is 0.331 e. The van der Waals surface area contributed by atoms with Crippen LogP contribution in [0.15, 0.2) is 36.5 Å². The van der Waals surface area contributed by atoms with Crippen LogP contribution in [-0.4, -0.2) is 13.1 Å². The van der Waals surface area contributed by atoms with E-state index in [1.54, 1.807) is 6.20 Å². The van der Waals surface area contributed by atoms with E-state index in [-0.39, 0.29) is 5.97 Å². The van der Waals surface area contributed by atoms with Crippen molar-refractivity contribution in [2.75, 3.05) is 12.4 Å². The van der Waals surface area contributed by atoms with E-state index in [0.29, 0.717) is 0 Å². The van der Waals surface area contributed by atoms with Gasteiger partial charge in [-0.05, 0) is 24.1 Å². The number of carbonyl (C=O) groups excluding carboxylic acids is 1. The van der Waals surface area contributed by atoms with Crippen molar-refractivity contribution in [2.24, 2.45) is 0 Å². The third-order valence-electron chi connectivity index (χ3n) is 2.03. The molecule has 1 aromatic carbocycles. The van der Waals surface area contributed by atoms with Gasteiger partial charge in [-0.3, -0.25) is 0 Å². The van der Waals surface area contributed by atoms with Crippen LogP contribution in [0.1, 0.15) is 12.5 Å². The van der Waals surface area contributed by atoms with Crippen molar-refractivity contribution in [1.82, 2.24) is 0 Å². The number of hydrogen-bond acceptors (Lipinski definition) is 3. The highest BCUT2D eigenvalue weighted by Crippen LogP contribution is 2.09. The number of methoxy groups -OCH3 is 1. The standard InChI is InChI=1S/C12H15NO2/c1-3-10-4-6-11(7-5-10)13-9-8-12(14)15-2/h4-9,13H,3H2,1-2H3/b9-8+. The van der Waals surface area contributed by atoms with Crippen molar-refractivity contribution in [2.45, 2.75) is 13.3 Å². The van der Waals surface area contributed by atoms with Gasteiger partial charge < -0.3 is 10.1 Å². The molecule has 0 aliphatic carbocycles. The number of carbonyl (C=O) groups is 1. The fourth-order valence-corrected chi connectivity index (χ4v) is 1.11. The van der Waals surface area contributed by atoms with Crippen LogP contribution in [0.2, 0.25) is 0 Å². The maximum Gasteiger partial charge on any atom is 0.331 e. The van der Waals surface area contributed by atoms with Gasteiger partial charge in [0.25, 0.3) is 0 Å². The Bertz CT molecular complexity index is 341. The Hall–Kier alpha value is -1.77. The van der Waals surface area contributed by atoms with Crippen LogP contribution in [0, 0.1) is 0 Å². The fourth-order valence-electron chi connectivity index (χ4n) is 1.11. The summed E-state index contributed by atoms with van der Waals surface area (Å²) in [5.41, 5.74) is 2.24. The summed E-state index contributed by atoms with van der Waals surface area (Å²) in [6.45, 7) is 2.11. The van der Waals surface area contributed by atoms with Crippen LogP contribution in [-0.2, 0) is 16.0 Å². The van der Waals surface area contributed by atoms with E-state index in [9.17, 15) is 4.79 Å². The second kappa shape index (κ2) is 5.86. The average molecular weight is 205 g/mol. The maximum absolute atomic E-state index is 10.8. The lowest BCUT2D eigenvalue weighted by Gasteiger charge is -2.01. The summed E-state index contributed by atoms with van der Waals surface area (Å²) in [7, 11) is 1.35. The molecule has 1 N–H and O–H groups in total. The van der Waals surface area contributed by atoms with Crippen molar-refractivity contribution in [3.63, 3.8) is 0 Å². The molecule has 0 heterocycles. The Balaban J connectivity index is 2.51. The molecule has 0 fully saturated rings. The van der Waals surface area contributed by atoms with Gasteiger partial charge in [-0.25, -0.2) is 4.79 Å². The van der Waals surface area contributed by atoms with E-state index in [4.69, 9.17) is 0 Å². The molecule has 80 valence electrons. The zero-order chi connectivity index (χ0) is 11.1. The van der Waals surface area contributed by atoms with Crippen LogP contribution >= 0.6 is 0 Å². The Morgan fingerprint density at radius 2 is 2.07 bits per heavy atom. The lowest BCUT2D eigenvalue weighted by atomic mass is 10.1. The topological polar surface area (TPSA) is 38.3 Å². The predicted octanol–water partition coefficient (Wildman–Crippen LogP) is 2.35. The number of benzene rings is 1. The normalized spacial score (nSPS) is 10.3. The molecule has 0 radical (unpaired) electrons. The number of nitrogens with one attached hydrogen (secondary N) is 1. The third-order valence-corrected chi connectivity index (χ3v) is 2.03. The first kappa shape index (κ1) is 11.3. The van der Waals surface area contributed by atoms with E-state index in [1.165, 1.54) is 18.7 Å². The lowest BCUT2D eigenvalue weighted by Crippen LogP contribution is -1.96. The van der Waals surface area contributed by atoms with E-state index >= 15 is 0 Å². The second-order valence-electron chi connectivity index (χ2n) is 3.05. The quantitative estimate of drug-likeness (QED) is 0.605. The fraction of sp³-hybridized carbons (Fsp3) is 0.250. The van der Waals surface area contributed by atoms with Gasteiger partial charge in [0.2, 0.25) is 0 Å². The molecule has 0 aliphatic rings. The van der Waals surface area contributed by atoms with Crippen molar-refractivity contribution >= 4 is 11.7 Å². The van der Waals surface area contributed by atoms with Gasteiger partial charge in [0, 0.05) is 18.0 Å². The number of hydrogen-bond donors (Lipinski definition) is 1. The average Bonchev–Trinajstić information content (AvgIpc) is 2.29. The van der Waals surface area contributed by atoms with Gasteiger partial charge in [0.1, 0.15) is 0 Å². The number of rotatable bonds is 4. The highest BCUT2D eigenvalue weighted by molar-refractivity contribution is 5.82. The first-order valence-electron chi connectivity index (χ1n) is 4.86. The van der Waals surface area contributed by atoms with Crippen LogP contribution in [0.5, 0.6) is 0 Å². The third kappa shape index (κ3) is 3.85. The van der Waals surface area contributed by atoms with Crippen LogP contribution in [0.4, 0.5) is 5.69 Å². The highest BCUT2D eigenvalue weighted by Gasteiger charge is 1.91. The molecule has 1 aromatic rings. The number of ether oxygens (including phenoxy) is 1. The molecular weight excluding hydrogens is 190 g/mol. The summed E-state index contributed by atoms with van der Waals surface area (Å²) in [6.07, 6.45) is 3.93. The van der Waals surface area contributed by atoms with Crippen LogP contribution in [0.3, 0.4) is 0 Å². The molecule has 0 aromatic heterocycles. The van der Waals surface area contributed by atoms with Gasteiger partial charge in [0.15, 0.2) is 0 Å². The molecule has 0 saturated heterocycles. The van der Waals surface area contributed by atoms with E-state index < -0.39 is 0 Å². The van der Waals surface area contributed by atoms with Crippen LogP contribution < -0.4 is 5.32 Å². The Kier molecular flexibility index (Phi) is 4.41. The van der Waals surface area contributed by atoms with Crippen molar-refractivity contribution < 1.29 is 9.53 Å². The molecular formula is C12H15NO2. The maximum atomic E-state index is 10.8. The summed E-state index contributed by atoms with van der Waals surface area (Å²) in [5.74, 6) is -0.368. The predicted molar refractivity (Wildman–Crippen MR) is 60.6 cm³/mol. The van der Waals surface area contributed by atoms with Crippen molar-refractivity contribution in [1.29, 1.82) is 0 Å². The summed E-state index contributed by atoms with van der Waals surface area (Å²) >= 11 is 0. The molecule has 0 amide bonds. The SMILES string of the molecule is CCc1ccc(N/C=C/C(=O)OC)cc1. The molecule has 3 heteroatoms. The minimum atomic E-state index is -0.368. The van der Waals surface area contributed by atoms with Gasteiger partial charge in [0.05, 0.1) is 7.11 Å². The Morgan fingerprint density at radius 1 is 1.40 bits per heavy atom. The Morgan fingerprint density at radius 3 is 2.60 bits per heavy atom. The van der Waals surface area contributed by atoms with Gasteiger partial charge in [-0.15, -0.1) is 0 Å². The molecule has 0 saturated carbocycles. The molecule has 15 heavy (non-hydrogen) atoms. The number of anilines is 1. The monoisotopic (exact) mass is 205 g/mol. The molecule has 0 aliphatic heterocycles. The largest absolute Gasteiger partial charge is 0.466 e. The molecule has 0 spiro atoms. The second-order valence-corrected chi connectivity index (χ2v) is 3.05. The molecule has 3 nitrogen and oxygen atoms in total. The molecule has 1 rings (SSSR count). The van der Waals surface area contributed by atoms with E-state index in [1.807, 2.05) is 24.3 Å². The van der Waals surface area contributed by atoms with Crippen molar-refractivity contribution in [3.8, 4) is 0 Å². The van der Waals surface area contributed by atoms with Gasteiger partial charge >= 0.3 is 5.97 Å². The number of aryl methyl sites for hydroxylation is 1. The van der Waals surface area contributed by atoms with E-state index in [2.05, 4.69) is 17.0 Å². The van der Waals surface area contributed by atoms with Gasteiger partial charge in [-0.2, -0.15) is 0 Å². The summed E-state index contributed by atoms with van der Waals surface area (Å²) in [5, 5.41) is 2.98. The number of esters is 1. The summed E-state index contributed by atoms with van der Waals surface area (Å²) in [6, 6.07) is 8.05.